The van der Waals surface area contributed by atoms with Crippen LogP contribution in [0.3, 0.4) is 0 Å². The standard InChI is InChI=1S/C25H28ClN5O/c1-3-30-12-14-31(15-13-30)17-24(32)29-25-27-22(19-6-4-18(2)5-7-19)16-23(28-25)20-8-10-21(26)11-9-20/h4-11,16H,3,12-15,17H2,1-2H3,(H,27,28,29,32). The summed E-state index contributed by atoms with van der Waals surface area (Å²) in [6, 6.07) is 17.6. The summed E-state index contributed by atoms with van der Waals surface area (Å²) >= 11 is 6.05. The third kappa shape index (κ3) is 5.71. The number of nitrogens with zero attached hydrogens (tertiary/aromatic N) is 4. The van der Waals surface area contributed by atoms with Crippen molar-refractivity contribution >= 4 is 23.5 Å². The highest BCUT2D eigenvalue weighted by molar-refractivity contribution is 6.30. The van der Waals surface area contributed by atoms with Crippen molar-refractivity contribution in [1.29, 1.82) is 0 Å². The molecule has 2 aromatic carbocycles. The molecule has 166 valence electrons. The van der Waals surface area contributed by atoms with Crippen LogP contribution < -0.4 is 5.32 Å². The van der Waals surface area contributed by atoms with E-state index >= 15 is 0 Å². The monoisotopic (exact) mass is 449 g/mol. The molecule has 32 heavy (non-hydrogen) atoms. The lowest BCUT2D eigenvalue weighted by atomic mass is 10.1. The third-order valence-corrected chi connectivity index (χ3v) is 6.00. The number of aromatic nitrogens is 2. The smallest absolute Gasteiger partial charge is 0.240 e. The van der Waals surface area contributed by atoms with Crippen LogP contribution in [0.2, 0.25) is 5.02 Å². The van der Waals surface area contributed by atoms with E-state index in [9.17, 15) is 4.79 Å². The van der Waals surface area contributed by atoms with Crippen molar-refractivity contribution in [1.82, 2.24) is 19.8 Å². The second-order valence-electron chi connectivity index (χ2n) is 8.09. The van der Waals surface area contributed by atoms with E-state index in [4.69, 9.17) is 11.6 Å². The van der Waals surface area contributed by atoms with E-state index < -0.39 is 0 Å². The number of aryl methyl sites for hydroxylation is 1. The number of piperazine rings is 1. The minimum Gasteiger partial charge on any atom is -0.301 e. The summed E-state index contributed by atoms with van der Waals surface area (Å²) in [5.41, 5.74) is 4.56. The molecule has 0 unspecified atom stereocenters. The minimum absolute atomic E-state index is 0.0990. The van der Waals surface area contributed by atoms with Crippen molar-refractivity contribution in [3.63, 3.8) is 0 Å². The van der Waals surface area contributed by atoms with Gasteiger partial charge in [0.1, 0.15) is 0 Å². The zero-order valence-electron chi connectivity index (χ0n) is 18.5. The average molecular weight is 450 g/mol. The first-order chi connectivity index (χ1) is 15.5. The number of carbonyl (C=O) groups excluding carboxylic acids is 1. The predicted molar refractivity (Wildman–Crippen MR) is 130 cm³/mol. The molecule has 1 aliphatic rings. The molecule has 7 heteroatoms. The molecule has 1 aliphatic heterocycles. The first kappa shape index (κ1) is 22.4. The van der Waals surface area contributed by atoms with Gasteiger partial charge in [-0.3, -0.25) is 15.0 Å². The number of carbonyl (C=O) groups is 1. The lowest BCUT2D eigenvalue weighted by Crippen LogP contribution is -2.48. The SMILES string of the molecule is CCN1CCN(CC(=O)Nc2nc(-c3ccc(C)cc3)cc(-c3ccc(Cl)cc3)n2)CC1. The molecule has 0 bridgehead atoms. The van der Waals surface area contributed by atoms with Crippen LogP contribution in [-0.2, 0) is 4.79 Å². The van der Waals surface area contributed by atoms with Gasteiger partial charge in [-0.15, -0.1) is 0 Å². The van der Waals surface area contributed by atoms with Gasteiger partial charge in [0.25, 0.3) is 0 Å². The minimum atomic E-state index is -0.0990. The summed E-state index contributed by atoms with van der Waals surface area (Å²) in [6.07, 6.45) is 0. The molecule has 1 N–H and O–H groups in total. The Labute approximate surface area is 194 Å². The summed E-state index contributed by atoms with van der Waals surface area (Å²) in [4.78, 5) is 26.6. The number of nitrogens with one attached hydrogen (secondary N) is 1. The molecule has 1 saturated heterocycles. The number of halogens is 1. The molecule has 0 saturated carbocycles. The lowest BCUT2D eigenvalue weighted by Gasteiger charge is -2.33. The van der Waals surface area contributed by atoms with Crippen LogP contribution in [0, 0.1) is 6.92 Å². The summed E-state index contributed by atoms with van der Waals surface area (Å²) in [7, 11) is 0. The van der Waals surface area contributed by atoms with Crippen LogP contribution in [-0.4, -0.2) is 64.9 Å². The van der Waals surface area contributed by atoms with Crippen molar-refractivity contribution < 1.29 is 4.79 Å². The van der Waals surface area contributed by atoms with E-state index in [2.05, 4.69) is 38.9 Å². The van der Waals surface area contributed by atoms with Crippen molar-refractivity contribution in [2.75, 3.05) is 44.6 Å². The Morgan fingerprint density at radius 3 is 2.00 bits per heavy atom. The van der Waals surface area contributed by atoms with Gasteiger partial charge in [-0.25, -0.2) is 9.97 Å². The van der Waals surface area contributed by atoms with E-state index in [1.54, 1.807) is 0 Å². The summed E-state index contributed by atoms with van der Waals surface area (Å²) < 4.78 is 0. The van der Waals surface area contributed by atoms with Crippen molar-refractivity contribution in [2.24, 2.45) is 0 Å². The Morgan fingerprint density at radius 2 is 1.44 bits per heavy atom. The van der Waals surface area contributed by atoms with E-state index in [1.165, 1.54) is 5.56 Å². The molecule has 1 amide bonds. The Balaban J connectivity index is 1.57. The fourth-order valence-electron chi connectivity index (χ4n) is 3.77. The molecule has 1 aromatic heterocycles. The Kier molecular flexibility index (Phi) is 7.15. The van der Waals surface area contributed by atoms with Crippen molar-refractivity contribution in [2.45, 2.75) is 13.8 Å². The molecule has 3 aromatic rings. The number of hydrogen-bond acceptors (Lipinski definition) is 5. The van der Waals surface area contributed by atoms with Crippen LogP contribution in [0.4, 0.5) is 5.95 Å². The van der Waals surface area contributed by atoms with E-state index in [0.717, 1.165) is 55.2 Å². The predicted octanol–water partition coefficient (Wildman–Crippen LogP) is 4.35. The fourth-order valence-corrected chi connectivity index (χ4v) is 3.90. The maximum Gasteiger partial charge on any atom is 0.240 e. The highest BCUT2D eigenvalue weighted by atomic mass is 35.5. The van der Waals surface area contributed by atoms with Gasteiger partial charge in [0.05, 0.1) is 17.9 Å². The highest BCUT2D eigenvalue weighted by Gasteiger charge is 2.19. The molecular weight excluding hydrogens is 422 g/mol. The van der Waals surface area contributed by atoms with Crippen LogP contribution >= 0.6 is 11.6 Å². The van der Waals surface area contributed by atoms with Crippen molar-refractivity contribution in [3.8, 4) is 22.5 Å². The molecule has 2 heterocycles. The van der Waals surface area contributed by atoms with Gasteiger partial charge in [-0.1, -0.05) is 60.5 Å². The normalized spacial score (nSPS) is 15.0. The van der Waals surface area contributed by atoms with Crippen LogP contribution in [0.15, 0.2) is 54.6 Å². The zero-order chi connectivity index (χ0) is 22.5. The third-order valence-electron chi connectivity index (χ3n) is 5.74. The molecule has 6 nitrogen and oxygen atoms in total. The Morgan fingerprint density at radius 1 is 0.906 bits per heavy atom. The van der Waals surface area contributed by atoms with E-state index in [0.29, 0.717) is 17.5 Å². The number of likely N-dealkylation sites (N-methyl/N-ethyl adjacent to an activating group) is 1. The summed E-state index contributed by atoms with van der Waals surface area (Å²) in [6.45, 7) is 9.36. The van der Waals surface area contributed by atoms with Gasteiger partial charge in [-0.2, -0.15) is 0 Å². The van der Waals surface area contributed by atoms with Crippen LogP contribution in [0.25, 0.3) is 22.5 Å². The van der Waals surface area contributed by atoms with Gasteiger partial charge >= 0.3 is 0 Å². The zero-order valence-corrected chi connectivity index (χ0v) is 19.3. The maximum atomic E-state index is 12.8. The number of rotatable bonds is 6. The molecule has 0 atom stereocenters. The van der Waals surface area contributed by atoms with E-state index in [-0.39, 0.29) is 5.91 Å². The Hall–Kier alpha value is -2.80. The fraction of sp³-hybridized carbons (Fsp3) is 0.320. The first-order valence-corrected chi connectivity index (χ1v) is 11.3. The first-order valence-electron chi connectivity index (χ1n) is 11.0. The molecular formula is C25H28ClN5O. The second-order valence-corrected chi connectivity index (χ2v) is 8.53. The average Bonchev–Trinajstić information content (AvgIpc) is 2.80. The highest BCUT2D eigenvalue weighted by Crippen LogP contribution is 2.26. The molecule has 4 rings (SSSR count). The summed E-state index contributed by atoms with van der Waals surface area (Å²) in [5, 5.41) is 3.58. The number of hydrogen-bond donors (Lipinski definition) is 1. The topological polar surface area (TPSA) is 61.4 Å². The molecule has 0 aliphatic carbocycles. The van der Waals surface area contributed by atoms with Gasteiger partial charge in [0.2, 0.25) is 11.9 Å². The molecule has 1 fully saturated rings. The van der Waals surface area contributed by atoms with Crippen LogP contribution in [0.5, 0.6) is 0 Å². The number of anilines is 1. The summed E-state index contributed by atoms with van der Waals surface area (Å²) in [5.74, 6) is 0.211. The van der Waals surface area contributed by atoms with E-state index in [1.807, 2.05) is 54.6 Å². The second kappa shape index (κ2) is 10.2. The van der Waals surface area contributed by atoms with Gasteiger partial charge in [-0.05, 0) is 31.7 Å². The molecule has 0 spiro atoms. The van der Waals surface area contributed by atoms with Gasteiger partial charge in [0, 0.05) is 42.3 Å². The lowest BCUT2D eigenvalue weighted by molar-refractivity contribution is -0.117. The van der Waals surface area contributed by atoms with Gasteiger partial charge < -0.3 is 4.90 Å². The maximum absolute atomic E-state index is 12.8. The number of benzene rings is 2. The Bertz CT molecular complexity index is 997. The largest absolute Gasteiger partial charge is 0.301 e. The van der Waals surface area contributed by atoms with Crippen molar-refractivity contribution in [3.05, 3.63) is 65.2 Å². The number of amides is 1. The molecule has 0 radical (unpaired) electrons. The van der Waals surface area contributed by atoms with Gasteiger partial charge in [0.15, 0.2) is 0 Å². The quantitative estimate of drug-likeness (QED) is 0.606. The van der Waals surface area contributed by atoms with Crippen LogP contribution in [0.1, 0.15) is 12.5 Å².